The lowest BCUT2D eigenvalue weighted by molar-refractivity contribution is -0.146. The minimum Gasteiger partial charge on any atom is -0.465 e. The minimum absolute atomic E-state index is 0.0753. The van der Waals surface area contributed by atoms with Crippen molar-refractivity contribution in [2.24, 2.45) is 5.41 Å². The molecule has 1 heterocycles. The van der Waals surface area contributed by atoms with Crippen LogP contribution in [-0.4, -0.2) is 44.0 Å². The summed E-state index contributed by atoms with van der Waals surface area (Å²) in [6, 6.07) is 5.34. The molecule has 0 unspecified atom stereocenters. The number of carbonyl (C=O) groups is 1. The molecule has 6 heteroatoms. The first-order valence-electron chi connectivity index (χ1n) is 8.58. The molecule has 1 aliphatic heterocycles. The molecule has 1 aliphatic carbocycles. The fourth-order valence-corrected chi connectivity index (χ4v) is 3.87. The lowest BCUT2D eigenvalue weighted by atomic mass is 9.62. The van der Waals surface area contributed by atoms with Crippen molar-refractivity contribution in [3.05, 3.63) is 35.4 Å². The highest BCUT2D eigenvalue weighted by Gasteiger charge is 2.56. The second-order valence-corrected chi connectivity index (χ2v) is 7.06. The van der Waals surface area contributed by atoms with E-state index in [2.05, 4.69) is 10.2 Å². The Kier molecular flexibility index (Phi) is 4.47. The number of alkyl halides is 2. The van der Waals surface area contributed by atoms with Crippen molar-refractivity contribution < 1.29 is 18.3 Å². The van der Waals surface area contributed by atoms with Crippen LogP contribution in [-0.2, 0) is 4.74 Å². The molecule has 0 radical (unpaired) electrons. The number of nitrogens with zero attached hydrogens (tertiary/aromatic N) is 1. The molecule has 1 spiro atoms. The van der Waals surface area contributed by atoms with Gasteiger partial charge in [-0.1, -0.05) is 6.08 Å². The third-order valence-electron chi connectivity index (χ3n) is 5.10. The maximum absolute atomic E-state index is 13.5. The van der Waals surface area contributed by atoms with Crippen molar-refractivity contribution in [3.8, 4) is 0 Å². The molecule has 0 atom stereocenters. The third kappa shape index (κ3) is 3.34. The Morgan fingerprint density at radius 1 is 1.36 bits per heavy atom. The largest absolute Gasteiger partial charge is 0.465 e. The maximum Gasteiger partial charge on any atom is 0.337 e. The normalized spacial score (nSPS) is 20.7. The van der Waals surface area contributed by atoms with Crippen molar-refractivity contribution >= 4 is 17.4 Å². The van der Waals surface area contributed by atoms with Crippen LogP contribution in [0.1, 0.15) is 42.1 Å². The number of allylic oxidation sites excluding steroid dienone is 1. The van der Waals surface area contributed by atoms with Crippen LogP contribution in [0.15, 0.2) is 24.3 Å². The van der Waals surface area contributed by atoms with E-state index >= 15 is 0 Å². The van der Waals surface area contributed by atoms with Crippen LogP contribution in [0.5, 0.6) is 0 Å². The van der Waals surface area contributed by atoms with Gasteiger partial charge in [0.1, 0.15) is 0 Å². The minimum atomic E-state index is -2.54. The van der Waals surface area contributed by atoms with E-state index in [0.717, 1.165) is 29.9 Å². The van der Waals surface area contributed by atoms with Gasteiger partial charge in [-0.25, -0.2) is 13.6 Å². The number of carbonyl (C=O) groups excluding carboxylic acids is 1. The molecule has 136 valence electrons. The van der Waals surface area contributed by atoms with Gasteiger partial charge in [-0.2, -0.15) is 0 Å². The summed E-state index contributed by atoms with van der Waals surface area (Å²) in [5.41, 5.74) is 2.73. The Balaban J connectivity index is 2.00. The Labute approximate surface area is 146 Å². The van der Waals surface area contributed by atoms with Crippen LogP contribution < -0.4 is 5.32 Å². The van der Waals surface area contributed by atoms with Crippen LogP contribution in [0.25, 0.3) is 5.70 Å². The van der Waals surface area contributed by atoms with E-state index in [1.807, 2.05) is 26.1 Å². The Bertz CT molecular complexity index is 707. The van der Waals surface area contributed by atoms with Crippen LogP contribution in [0, 0.1) is 5.41 Å². The molecule has 1 N–H and O–H groups in total. The number of rotatable bonds is 4. The van der Waals surface area contributed by atoms with Gasteiger partial charge in [0.2, 0.25) is 5.92 Å². The van der Waals surface area contributed by atoms with E-state index in [9.17, 15) is 13.6 Å². The Morgan fingerprint density at radius 3 is 2.68 bits per heavy atom. The number of hydrogen-bond acceptors (Lipinski definition) is 4. The smallest absolute Gasteiger partial charge is 0.337 e. The highest BCUT2D eigenvalue weighted by molar-refractivity contribution is 5.92. The zero-order valence-corrected chi connectivity index (χ0v) is 14.9. The highest BCUT2D eigenvalue weighted by Crippen LogP contribution is 2.57. The van der Waals surface area contributed by atoms with Gasteiger partial charge < -0.3 is 15.0 Å². The van der Waals surface area contributed by atoms with Gasteiger partial charge in [-0.05, 0) is 31.5 Å². The van der Waals surface area contributed by atoms with Crippen molar-refractivity contribution in [2.45, 2.75) is 32.1 Å². The molecule has 3 rings (SSSR count). The zero-order valence-electron chi connectivity index (χ0n) is 14.9. The number of halogens is 2. The summed E-state index contributed by atoms with van der Waals surface area (Å²) in [7, 11) is 3.32. The number of ether oxygens (including phenoxy) is 1. The third-order valence-corrected chi connectivity index (χ3v) is 5.10. The van der Waals surface area contributed by atoms with Crippen LogP contribution in [0.3, 0.4) is 0 Å². The highest BCUT2D eigenvalue weighted by atomic mass is 19.3. The molecular formula is C19H24F2N2O2. The van der Waals surface area contributed by atoms with Gasteiger partial charge in [-0.3, -0.25) is 0 Å². The lowest BCUT2D eigenvalue weighted by Crippen LogP contribution is -2.48. The summed E-state index contributed by atoms with van der Waals surface area (Å²) in [6.45, 7) is 3.41. The quantitative estimate of drug-likeness (QED) is 0.834. The van der Waals surface area contributed by atoms with Crippen molar-refractivity contribution in [1.82, 2.24) is 4.90 Å². The second kappa shape index (κ2) is 6.32. The van der Waals surface area contributed by atoms with Crippen molar-refractivity contribution in [1.29, 1.82) is 0 Å². The van der Waals surface area contributed by atoms with Gasteiger partial charge in [-0.15, -0.1) is 0 Å². The molecule has 0 saturated heterocycles. The van der Waals surface area contributed by atoms with Gasteiger partial charge in [0, 0.05) is 55.3 Å². The molecule has 0 aromatic heterocycles. The fraction of sp³-hybridized carbons (Fsp3) is 0.526. The van der Waals surface area contributed by atoms with E-state index in [1.54, 1.807) is 12.1 Å². The molecular weight excluding hydrogens is 326 g/mol. The average molecular weight is 350 g/mol. The summed E-state index contributed by atoms with van der Waals surface area (Å²) in [5.74, 6) is -2.94. The number of hydrogen-bond donors (Lipinski definition) is 1. The molecule has 1 aromatic carbocycles. The van der Waals surface area contributed by atoms with Gasteiger partial charge >= 0.3 is 5.97 Å². The Morgan fingerprint density at radius 2 is 2.08 bits per heavy atom. The van der Waals surface area contributed by atoms with E-state index < -0.39 is 17.3 Å². The molecule has 0 amide bonds. The molecule has 1 aromatic rings. The van der Waals surface area contributed by atoms with Gasteiger partial charge in [0.25, 0.3) is 0 Å². The first-order chi connectivity index (χ1) is 11.8. The molecule has 0 bridgehead atoms. The van der Waals surface area contributed by atoms with Gasteiger partial charge in [0.05, 0.1) is 12.7 Å². The van der Waals surface area contributed by atoms with E-state index in [4.69, 9.17) is 4.74 Å². The van der Waals surface area contributed by atoms with Crippen LogP contribution >= 0.6 is 0 Å². The first-order valence-corrected chi connectivity index (χ1v) is 8.58. The number of nitrogens with one attached hydrogen (secondary N) is 1. The molecule has 1 saturated carbocycles. The molecule has 1 fully saturated rings. The summed E-state index contributed by atoms with van der Waals surface area (Å²) in [5, 5.41) is 3.27. The number of anilines is 1. The SMILES string of the molecule is CCNc1cc(C(=O)OC)ccc1C1=CC2(CCN1C)CC(F)(F)C2. The topological polar surface area (TPSA) is 41.6 Å². The van der Waals surface area contributed by atoms with Crippen LogP contribution in [0.4, 0.5) is 14.5 Å². The van der Waals surface area contributed by atoms with Gasteiger partial charge in [0.15, 0.2) is 0 Å². The van der Waals surface area contributed by atoms with Crippen LogP contribution in [0.2, 0.25) is 0 Å². The lowest BCUT2D eigenvalue weighted by Gasteiger charge is -2.50. The van der Waals surface area contributed by atoms with E-state index in [1.165, 1.54) is 7.11 Å². The molecule has 2 aliphatic rings. The fourth-order valence-electron chi connectivity index (χ4n) is 3.87. The molecule has 4 nitrogen and oxygen atoms in total. The average Bonchev–Trinajstić information content (AvgIpc) is 2.55. The maximum atomic E-state index is 13.5. The number of esters is 1. The van der Waals surface area contributed by atoms with E-state index in [0.29, 0.717) is 12.1 Å². The summed E-state index contributed by atoms with van der Waals surface area (Å²) in [6.07, 6.45) is 2.60. The Hall–Kier alpha value is -2.11. The predicted molar refractivity (Wildman–Crippen MR) is 93.8 cm³/mol. The monoisotopic (exact) mass is 350 g/mol. The zero-order chi connectivity index (χ0) is 18.2. The number of benzene rings is 1. The van der Waals surface area contributed by atoms with Crippen molar-refractivity contribution in [2.75, 3.05) is 32.6 Å². The summed E-state index contributed by atoms with van der Waals surface area (Å²) in [4.78, 5) is 13.9. The predicted octanol–water partition coefficient (Wildman–Crippen LogP) is 4.00. The molecule has 25 heavy (non-hydrogen) atoms. The number of methoxy groups -OCH3 is 1. The summed E-state index contributed by atoms with van der Waals surface area (Å²) >= 11 is 0. The van der Waals surface area contributed by atoms with Crippen molar-refractivity contribution in [3.63, 3.8) is 0 Å². The first kappa shape index (κ1) is 17.7. The second-order valence-electron chi connectivity index (χ2n) is 7.06. The summed E-state index contributed by atoms with van der Waals surface area (Å²) < 4.78 is 31.7. The standard InChI is InChI=1S/C19H24F2N2O2/c1-4-22-15-9-13(17(24)25-3)5-6-14(15)16-10-18(7-8-23(16)2)11-19(20,21)12-18/h5-6,9-10,22H,4,7-8,11-12H2,1-3H3. The van der Waals surface area contributed by atoms with E-state index in [-0.39, 0.29) is 12.8 Å².